The van der Waals surface area contributed by atoms with E-state index in [-0.39, 0.29) is 0 Å². The maximum absolute atomic E-state index is 3.66. The zero-order chi connectivity index (χ0) is 13.9. The van der Waals surface area contributed by atoms with Crippen LogP contribution in [-0.4, -0.2) is 12.6 Å². The van der Waals surface area contributed by atoms with Crippen LogP contribution < -0.4 is 5.32 Å². The van der Waals surface area contributed by atoms with Gasteiger partial charge in [-0.25, -0.2) is 0 Å². The van der Waals surface area contributed by atoms with Crippen LogP contribution in [0.2, 0.25) is 0 Å². The van der Waals surface area contributed by atoms with Crippen molar-refractivity contribution in [3.63, 3.8) is 0 Å². The fourth-order valence-electron chi connectivity index (χ4n) is 3.51. The molecule has 19 heavy (non-hydrogen) atoms. The molecule has 0 spiro atoms. The highest BCUT2D eigenvalue weighted by Crippen LogP contribution is 2.33. The summed E-state index contributed by atoms with van der Waals surface area (Å²) in [7, 11) is 0. The molecular formula is C18H37N. The molecule has 0 aromatic rings. The van der Waals surface area contributed by atoms with E-state index in [9.17, 15) is 0 Å². The lowest BCUT2D eigenvalue weighted by atomic mass is 9.76. The summed E-state index contributed by atoms with van der Waals surface area (Å²) in [5.41, 5.74) is 0. The summed E-state index contributed by atoms with van der Waals surface area (Å²) in [4.78, 5) is 0. The summed E-state index contributed by atoms with van der Waals surface area (Å²) in [5.74, 6) is 1.98. The van der Waals surface area contributed by atoms with Gasteiger partial charge in [0.15, 0.2) is 0 Å². The SMILES string of the molecule is CCCCCCCCC1CCCCC1CNC(C)C. The van der Waals surface area contributed by atoms with Crippen LogP contribution in [0.25, 0.3) is 0 Å². The van der Waals surface area contributed by atoms with Crippen molar-refractivity contribution in [2.24, 2.45) is 11.8 Å². The molecule has 1 aliphatic carbocycles. The molecule has 0 bridgehead atoms. The fraction of sp³-hybridized carbons (Fsp3) is 1.00. The van der Waals surface area contributed by atoms with E-state index in [0.29, 0.717) is 6.04 Å². The molecule has 0 aromatic heterocycles. The van der Waals surface area contributed by atoms with Crippen LogP contribution in [0, 0.1) is 11.8 Å². The van der Waals surface area contributed by atoms with E-state index in [0.717, 1.165) is 11.8 Å². The van der Waals surface area contributed by atoms with Gasteiger partial charge < -0.3 is 5.32 Å². The molecule has 1 N–H and O–H groups in total. The zero-order valence-electron chi connectivity index (χ0n) is 13.7. The maximum atomic E-state index is 3.66. The van der Waals surface area contributed by atoms with Gasteiger partial charge >= 0.3 is 0 Å². The van der Waals surface area contributed by atoms with Gasteiger partial charge in [-0.3, -0.25) is 0 Å². The summed E-state index contributed by atoms with van der Waals surface area (Å²) >= 11 is 0. The first-order valence-electron chi connectivity index (χ1n) is 8.97. The molecule has 0 saturated heterocycles. The monoisotopic (exact) mass is 267 g/mol. The van der Waals surface area contributed by atoms with Crippen LogP contribution in [0.5, 0.6) is 0 Å². The van der Waals surface area contributed by atoms with Crippen molar-refractivity contribution >= 4 is 0 Å². The predicted molar refractivity (Wildman–Crippen MR) is 86.6 cm³/mol. The Morgan fingerprint density at radius 1 is 0.895 bits per heavy atom. The molecular weight excluding hydrogens is 230 g/mol. The third-order valence-electron chi connectivity index (χ3n) is 4.78. The van der Waals surface area contributed by atoms with Crippen molar-refractivity contribution in [3.8, 4) is 0 Å². The third kappa shape index (κ3) is 7.97. The molecule has 1 rings (SSSR count). The van der Waals surface area contributed by atoms with Gasteiger partial charge in [-0.2, -0.15) is 0 Å². The average Bonchev–Trinajstić information content (AvgIpc) is 2.41. The van der Waals surface area contributed by atoms with E-state index >= 15 is 0 Å². The Bertz CT molecular complexity index is 200. The second kappa shape index (κ2) is 10.7. The Balaban J connectivity index is 2.13. The Labute approximate surface area is 121 Å². The highest BCUT2D eigenvalue weighted by Gasteiger charge is 2.24. The molecule has 0 aliphatic heterocycles. The van der Waals surface area contributed by atoms with Crippen molar-refractivity contribution in [1.29, 1.82) is 0 Å². The summed E-state index contributed by atoms with van der Waals surface area (Å²) in [6.07, 6.45) is 16.1. The van der Waals surface area contributed by atoms with Gasteiger partial charge in [0.25, 0.3) is 0 Å². The molecule has 1 nitrogen and oxygen atoms in total. The van der Waals surface area contributed by atoms with Crippen molar-refractivity contribution in [2.45, 2.75) is 97.4 Å². The molecule has 1 heteroatoms. The molecule has 1 aliphatic rings. The molecule has 0 amide bonds. The lowest BCUT2D eigenvalue weighted by Gasteiger charge is -2.32. The molecule has 0 radical (unpaired) electrons. The Hall–Kier alpha value is -0.0400. The number of unbranched alkanes of at least 4 members (excludes halogenated alkanes) is 5. The van der Waals surface area contributed by atoms with Crippen LogP contribution in [0.1, 0.15) is 91.4 Å². The number of hydrogen-bond donors (Lipinski definition) is 1. The molecule has 0 heterocycles. The van der Waals surface area contributed by atoms with Gasteiger partial charge in [-0.05, 0) is 24.8 Å². The molecule has 2 unspecified atom stereocenters. The second-order valence-electron chi connectivity index (χ2n) is 6.92. The van der Waals surface area contributed by atoms with E-state index in [1.165, 1.54) is 77.2 Å². The van der Waals surface area contributed by atoms with Crippen molar-refractivity contribution in [2.75, 3.05) is 6.54 Å². The first kappa shape index (κ1) is 17.0. The number of hydrogen-bond acceptors (Lipinski definition) is 1. The molecule has 2 atom stereocenters. The zero-order valence-corrected chi connectivity index (χ0v) is 13.7. The Kier molecular flexibility index (Phi) is 9.59. The number of rotatable bonds is 10. The van der Waals surface area contributed by atoms with Crippen molar-refractivity contribution in [1.82, 2.24) is 5.32 Å². The van der Waals surface area contributed by atoms with Gasteiger partial charge in [0, 0.05) is 6.04 Å². The van der Waals surface area contributed by atoms with Crippen molar-refractivity contribution < 1.29 is 0 Å². The van der Waals surface area contributed by atoms with Crippen LogP contribution in [-0.2, 0) is 0 Å². The van der Waals surface area contributed by atoms with E-state index in [1.54, 1.807) is 0 Å². The fourth-order valence-corrected chi connectivity index (χ4v) is 3.51. The quantitative estimate of drug-likeness (QED) is 0.512. The second-order valence-corrected chi connectivity index (χ2v) is 6.92. The smallest absolute Gasteiger partial charge is 0.00104 e. The summed E-state index contributed by atoms with van der Waals surface area (Å²) in [6, 6.07) is 0.650. The normalized spacial score (nSPS) is 24.0. The van der Waals surface area contributed by atoms with Crippen LogP contribution >= 0.6 is 0 Å². The first-order valence-corrected chi connectivity index (χ1v) is 8.97. The largest absolute Gasteiger partial charge is 0.314 e. The van der Waals surface area contributed by atoms with Gasteiger partial charge in [0.1, 0.15) is 0 Å². The highest BCUT2D eigenvalue weighted by molar-refractivity contribution is 4.77. The molecule has 114 valence electrons. The van der Waals surface area contributed by atoms with E-state index in [2.05, 4.69) is 26.1 Å². The maximum Gasteiger partial charge on any atom is 0.00104 e. The lowest BCUT2D eigenvalue weighted by Crippen LogP contribution is -2.34. The summed E-state index contributed by atoms with van der Waals surface area (Å²) in [6.45, 7) is 8.10. The standard InChI is InChI=1S/C18H37N/c1-4-5-6-7-8-9-12-17-13-10-11-14-18(17)15-19-16(2)3/h16-19H,4-15H2,1-3H3. The van der Waals surface area contributed by atoms with Crippen molar-refractivity contribution in [3.05, 3.63) is 0 Å². The average molecular weight is 268 g/mol. The first-order chi connectivity index (χ1) is 9.24. The topological polar surface area (TPSA) is 12.0 Å². The van der Waals surface area contributed by atoms with Crippen LogP contribution in [0.3, 0.4) is 0 Å². The Morgan fingerprint density at radius 2 is 1.53 bits per heavy atom. The minimum absolute atomic E-state index is 0.650. The summed E-state index contributed by atoms with van der Waals surface area (Å²) in [5, 5.41) is 3.66. The van der Waals surface area contributed by atoms with E-state index < -0.39 is 0 Å². The van der Waals surface area contributed by atoms with Crippen LogP contribution in [0.4, 0.5) is 0 Å². The lowest BCUT2D eigenvalue weighted by molar-refractivity contribution is 0.209. The molecule has 0 aromatic carbocycles. The molecule has 1 saturated carbocycles. The van der Waals surface area contributed by atoms with Gasteiger partial charge in [0.05, 0.1) is 0 Å². The Morgan fingerprint density at radius 3 is 2.21 bits per heavy atom. The third-order valence-corrected chi connectivity index (χ3v) is 4.78. The van der Waals surface area contributed by atoms with E-state index in [1.807, 2.05) is 0 Å². The minimum Gasteiger partial charge on any atom is -0.314 e. The molecule has 1 fully saturated rings. The summed E-state index contributed by atoms with van der Waals surface area (Å²) < 4.78 is 0. The van der Waals surface area contributed by atoms with Crippen LogP contribution in [0.15, 0.2) is 0 Å². The highest BCUT2D eigenvalue weighted by atomic mass is 14.9. The van der Waals surface area contributed by atoms with Gasteiger partial charge in [-0.1, -0.05) is 85.0 Å². The van der Waals surface area contributed by atoms with Gasteiger partial charge in [0.2, 0.25) is 0 Å². The van der Waals surface area contributed by atoms with E-state index in [4.69, 9.17) is 0 Å². The predicted octanol–water partition coefficient (Wildman–Crippen LogP) is 5.54. The van der Waals surface area contributed by atoms with Gasteiger partial charge in [-0.15, -0.1) is 0 Å². The number of nitrogens with one attached hydrogen (secondary N) is 1. The minimum atomic E-state index is 0.650.